The van der Waals surface area contributed by atoms with Crippen LogP contribution in [0.5, 0.6) is 5.88 Å². The molecule has 0 atom stereocenters. The lowest BCUT2D eigenvalue weighted by atomic mass is 10.1. The van der Waals surface area contributed by atoms with Crippen LogP contribution in [0.4, 0.5) is 16.0 Å². The summed E-state index contributed by atoms with van der Waals surface area (Å²) in [6.07, 6.45) is 10.4. The molecule has 12 heteroatoms. The van der Waals surface area contributed by atoms with Crippen molar-refractivity contribution in [3.8, 4) is 5.88 Å². The van der Waals surface area contributed by atoms with Gasteiger partial charge in [0.2, 0.25) is 17.8 Å². The zero-order valence-electron chi connectivity index (χ0n) is 19.0. The van der Waals surface area contributed by atoms with Crippen molar-refractivity contribution in [3.05, 3.63) is 54.1 Å². The number of halogens is 1. The van der Waals surface area contributed by atoms with Crippen LogP contribution in [0.1, 0.15) is 31.0 Å². The van der Waals surface area contributed by atoms with Crippen LogP contribution in [0.25, 0.3) is 0 Å². The van der Waals surface area contributed by atoms with Gasteiger partial charge in [-0.1, -0.05) is 6.92 Å². The van der Waals surface area contributed by atoms with E-state index < -0.39 is 15.8 Å². The summed E-state index contributed by atoms with van der Waals surface area (Å²) >= 11 is 0. The first-order chi connectivity index (χ1) is 16.3. The van der Waals surface area contributed by atoms with Gasteiger partial charge in [-0.2, -0.15) is 4.39 Å². The van der Waals surface area contributed by atoms with Gasteiger partial charge in [-0.15, -0.1) is 0 Å². The number of hydrogen-bond acceptors (Lipinski definition) is 10. The Balaban J connectivity index is 1.26. The average molecular weight is 488 g/mol. The molecule has 1 N–H and O–H groups in total. The van der Waals surface area contributed by atoms with Gasteiger partial charge >= 0.3 is 0 Å². The van der Waals surface area contributed by atoms with Crippen molar-refractivity contribution >= 4 is 21.5 Å². The Morgan fingerprint density at radius 2 is 1.82 bits per heavy atom. The van der Waals surface area contributed by atoms with Gasteiger partial charge in [-0.3, -0.25) is 4.98 Å². The number of nitrogens with zero attached hydrogens (tertiary/aromatic N) is 6. The summed E-state index contributed by atoms with van der Waals surface area (Å²) in [5, 5.41) is 2.53. The molecule has 1 saturated heterocycles. The molecule has 180 valence electrons. The third-order valence-corrected chi connectivity index (χ3v) is 6.44. The Kier molecular flexibility index (Phi) is 7.15. The molecule has 0 aromatic carbocycles. The number of anilines is 2. The first-order valence-corrected chi connectivity index (χ1v) is 12.8. The highest BCUT2D eigenvalue weighted by Gasteiger charge is 2.22. The van der Waals surface area contributed by atoms with Gasteiger partial charge in [-0.05, 0) is 24.1 Å². The predicted octanol–water partition coefficient (Wildman–Crippen LogP) is 2.43. The Hall–Kier alpha value is -3.41. The summed E-state index contributed by atoms with van der Waals surface area (Å²) in [7, 11) is -3.57. The third kappa shape index (κ3) is 5.93. The molecule has 1 aliphatic rings. The van der Waals surface area contributed by atoms with Crippen molar-refractivity contribution in [2.24, 2.45) is 0 Å². The fourth-order valence-electron chi connectivity index (χ4n) is 3.48. The monoisotopic (exact) mass is 487 g/mol. The lowest BCUT2D eigenvalue weighted by Gasteiger charge is -2.31. The van der Waals surface area contributed by atoms with Gasteiger partial charge in [0.25, 0.3) is 0 Å². The molecule has 3 aromatic rings. The molecule has 10 nitrogen and oxygen atoms in total. The van der Waals surface area contributed by atoms with Gasteiger partial charge in [0.15, 0.2) is 14.9 Å². The van der Waals surface area contributed by atoms with E-state index in [1.54, 1.807) is 6.20 Å². The van der Waals surface area contributed by atoms with E-state index >= 15 is 0 Å². The molecule has 0 unspecified atom stereocenters. The largest absolute Gasteiger partial charge is 0.473 e. The minimum Gasteiger partial charge on any atom is -0.473 e. The summed E-state index contributed by atoms with van der Waals surface area (Å²) in [4.78, 5) is 23.1. The van der Waals surface area contributed by atoms with Crippen LogP contribution in [0, 0.1) is 5.95 Å². The van der Waals surface area contributed by atoms with E-state index in [1.807, 2.05) is 12.4 Å². The molecule has 0 spiro atoms. The summed E-state index contributed by atoms with van der Waals surface area (Å²) in [5.41, 5.74) is 1.77. The SMILES string of the molecule is CCc1cnc(N2CCC(Oc3cnc(CNc4ccc(S(C)(=O)=O)nc4F)cn3)CC2)nc1. The number of piperidine rings is 1. The lowest BCUT2D eigenvalue weighted by molar-refractivity contribution is 0.162. The molecule has 0 amide bonds. The van der Waals surface area contributed by atoms with E-state index in [-0.39, 0.29) is 23.4 Å². The fourth-order valence-corrected chi connectivity index (χ4v) is 4.04. The molecule has 0 aliphatic carbocycles. The van der Waals surface area contributed by atoms with Gasteiger partial charge < -0.3 is 15.0 Å². The van der Waals surface area contributed by atoms with Gasteiger partial charge in [0.05, 0.1) is 30.3 Å². The number of aromatic nitrogens is 5. The first kappa shape index (κ1) is 23.7. The number of ether oxygens (including phenoxy) is 1. The summed E-state index contributed by atoms with van der Waals surface area (Å²) in [6.45, 7) is 3.86. The van der Waals surface area contributed by atoms with Crippen LogP contribution in [0.2, 0.25) is 0 Å². The number of pyridine rings is 1. The number of nitrogens with one attached hydrogen (secondary N) is 1. The average Bonchev–Trinajstić information content (AvgIpc) is 2.84. The summed E-state index contributed by atoms with van der Waals surface area (Å²) in [5.74, 6) is 0.273. The number of hydrogen-bond donors (Lipinski definition) is 1. The van der Waals surface area contributed by atoms with E-state index in [2.05, 4.69) is 42.1 Å². The molecule has 0 saturated carbocycles. The Morgan fingerprint density at radius 3 is 2.41 bits per heavy atom. The van der Waals surface area contributed by atoms with Gasteiger partial charge in [-0.25, -0.2) is 28.4 Å². The zero-order chi connectivity index (χ0) is 24.1. The van der Waals surface area contributed by atoms with E-state index in [4.69, 9.17) is 4.74 Å². The van der Waals surface area contributed by atoms with Crippen molar-refractivity contribution in [3.63, 3.8) is 0 Å². The van der Waals surface area contributed by atoms with Crippen molar-refractivity contribution in [1.82, 2.24) is 24.9 Å². The second kappa shape index (κ2) is 10.2. The normalized spacial score (nSPS) is 14.7. The second-order valence-electron chi connectivity index (χ2n) is 8.01. The third-order valence-electron chi connectivity index (χ3n) is 5.46. The first-order valence-electron chi connectivity index (χ1n) is 11.0. The predicted molar refractivity (Wildman–Crippen MR) is 124 cm³/mol. The highest BCUT2D eigenvalue weighted by atomic mass is 32.2. The number of sulfone groups is 1. The molecule has 34 heavy (non-hydrogen) atoms. The molecular weight excluding hydrogens is 461 g/mol. The molecule has 0 radical (unpaired) electrons. The molecule has 4 heterocycles. The van der Waals surface area contributed by atoms with Crippen molar-refractivity contribution in [2.75, 3.05) is 29.6 Å². The minimum absolute atomic E-state index is 0.0259. The van der Waals surface area contributed by atoms with Crippen LogP contribution in [-0.2, 0) is 22.8 Å². The van der Waals surface area contributed by atoms with Crippen molar-refractivity contribution in [1.29, 1.82) is 0 Å². The van der Waals surface area contributed by atoms with E-state index in [0.717, 1.165) is 50.1 Å². The zero-order valence-corrected chi connectivity index (χ0v) is 19.8. The van der Waals surface area contributed by atoms with Gasteiger partial charge in [0, 0.05) is 44.6 Å². The molecule has 0 bridgehead atoms. The molecular formula is C22H26FN7O3S. The van der Waals surface area contributed by atoms with Crippen LogP contribution in [0.15, 0.2) is 41.9 Å². The fraction of sp³-hybridized carbons (Fsp3) is 0.409. The maximum Gasteiger partial charge on any atom is 0.237 e. The highest BCUT2D eigenvalue weighted by molar-refractivity contribution is 7.90. The lowest BCUT2D eigenvalue weighted by Crippen LogP contribution is -2.39. The van der Waals surface area contributed by atoms with E-state index in [9.17, 15) is 12.8 Å². The molecule has 1 aliphatic heterocycles. The summed E-state index contributed by atoms with van der Waals surface area (Å²) in [6, 6.07) is 2.58. The number of aryl methyl sites for hydroxylation is 1. The highest BCUT2D eigenvalue weighted by Crippen LogP contribution is 2.20. The van der Waals surface area contributed by atoms with Crippen molar-refractivity contribution in [2.45, 2.75) is 43.9 Å². The summed E-state index contributed by atoms with van der Waals surface area (Å²) < 4.78 is 43.0. The number of rotatable bonds is 8. The maximum atomic E-state index is 14.1. The standard InChI is InChI=1S/C22H26FN7O3S/c1-3-15-10-27-22(28-11-15)30-8-6-17(7-9-30)33-19-14-24-16(13-26-19)12-25-18-4-5-20(29-21(18)23)34(2,31)32/h4-5,10-11,13-14,17,25H,3,6-9,12H2,1-2H3. The quantitative estimate of drug-likeness (QED) is 0.474. The van der Waals surface area contributed by atoms with E-state index in [1.165, 1.54) is 18.3 Å². The van der Waals surface area contributed by atoms with Crippen LogP contribution < -0.4 is 15.0 Å². The second-order valence-corrected chi connectivity index (χ2v) is 9.97. The molecule has 3 aromatic heterocycles. The maximum absolute atomic E-state index is 14.1. The van der Waals surface area contributed by atoms with Crippen LogP contribution in [0.3, 0.4) is 0 Å². The van der Waals surface area contributed by atoms with Gasteiger partial charge in [0.1, 0.15) is 6.10 Å². The minimum atomic E-state index is -3.57. The Bertz CT molecular complexity index is 1220. The van der Waals surface area contributed by atoms with Crippen molar-refractivity contribution < 1.29 is 17.5 Å². The Morgan fingerprint density at radius 1 is 1.09 bits per heavy atom. The molecule has 4 rings (SSSR count). The molecule has 1 fully saturated rings. The Labute approximate surface area is 197 Å². The van der Waals surface area contributed by atoms with Crippen LogP contribution >= 0.6 is 0 Å². The van der Waals surface area contributed by atoms with E-state index in [0.29, 0.717) is 11.6 Å². The topological polar surface area (TPSA) is 123 Å². The smallest absolute Gasteiger partial charge is 0.237 e. The van der Waals surface area contributed by atoms with Crippen LogP contribution in [-0.4, -0.2) is 58.8 Å².